The van der Waals surface area contributed by atoms with Gasteiger partial charge in [-0.3, -0.25) is 9.59 Å². The Hall–Kier alpha value is -1.99. The minimum Gasteiger partial charge on any atom is -0.367 e. The van der Waals surface area contributed by atoms with Gasteiger partial charge >= 0.3 is 0 Å². The van der Waals surface area contributed by atoms with Crippen LogP contribution in [0.5, 0.6) is 0 Å². The van der Waals surface area contributed by atoms with Gasteiger partial charge in [0.25, 0.3) is 0 Å². The van der Waals surface area contributed by atoms with Gasteiger partial charge in [0.2, 0.25) is 21.6 Å². The van der Waals surface area contributed by atoms with E-state index in [0.717, 1.165) is 12.8 Å². The lowest BCUT2D eigenvalue weighted by atomic mass is 9.91. The second-order valence-corrected chi connectivity index (χ2v) is 7.97. The summed E-state index contributed by atoms with van der Waals surface area (Å²) in [6, 6.07) is 6.40. The van der Waals surface area contributed by atoms with Gasteiger partial charge in [-0.25, -0.2) is 13.1 Å². The molecule has 0 unspecified atom stereocenters. The van der Waals surface area contributed by atoms with E-state index in [1.54, 1.807) is 23.1 Å². The predicted octanol–water partition coefficient (Wildman–Crippen LogP) is 2.73. The molecule has 0 spiro atoms. The van der Waals surface area contributed by atoms with Gasteiger partial charge in [0, 0.05) is 30.8 Å². The van der Waals surface area contributed by atoms with Gasteiger partial charge in [-0.15, -0.1) is 0 Å². The largest absolute Gasteiger partial charge is 0.367 e. The van der Waals surface area contributed by atoms with E-state index in [1.165, 1.54) is 6.07 Å². The first-order valence-electron chi connectivity index (χ1n) is 9.06. The molecule has 0 saturated carbocycles. The van der Waals surface area contributed by atoms with Crippen molar-refractivity contribution in [3.8, 4) is 0 Å². The number of allylic oxidation sites excluding steroid dienone is 2. The summed E-state index contributed by atoms with van der Waals surface area (Å²) < 4.78 is 28.2. The van der Waals surface area contributed by atoms with Crippen molar-refractivity contribution in [3.63, 3.8) is 0 Å². The number of benzene rings is 1. The molecule has 0 atom stereocenters. The van der Waals surface area contributed by atoms with Crippen LogP contribution in [0.4, 0.5) is 0 Å². The normalized spacial score (nSPS) is 14.6. The fourth-order valence-electron chi connectivity index (χ4n) is 3.06. The molecule has 142 valence electrons. The van der Waals surface area contributed by atoms with Gasteiger partial charge in [-0.1, -0.05) is 45.0 Å². The summed E-state index contributed by atoms with van der Waals surface area (Å²) in [4.78, 5) is 27.5. The van der Waals surface area contributed by atoms with E-state index < -0.39 is 26.5 Å². The van der Waals surface area contributed by atoms with Crippen molar-refractivity contribution >= 4 is 21.6 Å². The maximum Gasteiger partial charge on any atom is 0.246 e. The number of fused-ring (bicyclic) bond motifs is 1. The van der Waals surface area contributed by atoms with Crippen molar-refractivity contribution in [2.45, 2.75) is 40.0 Å². The third-order valence-electron chi connectivity index (χ3n) is 4.17. The number of hydrogen-bond acceptors (Lipinski definition) is 5. The highest BCUT2D eigenvalue weighted by Gasteiger charge is 2.40. The molecule has 0 heterocycles. The standard InChI is InChI=1S/C19H26N2O4S/c1-4-11-20-26(24,25)19-16(21(12-5-2)13-6-3)17(22)14-9-7-8-10-15(14)18(19)23/h7-10,20H,4-6,11-13H2,1-3H3. The Morgan fingerprint density at radius 1 is 0.885 bits per heavy atom. The Morgan fingerprint density at radius 2 is 1.42 bits per heavy atom. The Morgan fingerprint density at radius 3 is 1.92 bits per heavy atom. The molecule has 0 aromatic heterocycles. The van der Waals surface area contributed by atoms with Crippen LogP contribution < -0.4 is 4.72 Å². The quantitative estimate of drug-likeness (QED) is 0.714. The number of rotatable bonds is 9. The van der Waals surface area contributed by atoms with E-state index in [0.29, 0.717) is 19.5 Å². The molecule has 1 aromatic carbocycles. The molecule has 2 rings (SSSR count). The van der Waals surface area contributed by atoms with Crippen molar-refractivity contribution in [2.75, 3.05) is 19.6 Å². The Bertz CT molecular complexity index is 822. The number of nitrogens with one attached hydrogen (secondary N) is 1. The van der Waals surface area contributed by atoms with Crippen molar-refractivity contribution < 1.29 is 18.0 Å². The van der Waals surface area contributed by atoms with Crippen molar-refractivity contribution in [1.82, 2.24) is 9.62 Å². The number of nitrogens with zero attached hydrogens (tertiary/aromatic N) is 1. The number of sulfonamides is 1. The summed E-state index contributed by atoms with van der Waals surface area (Å²) in [7, 11) is -4.08. The van der Waals surface area contributed by atoms with Crippen molar-refractivity contribution in [2.24, 2.45) is 0 Å². The summed E-state index contributed by atoms with van der Waals surface area (Å²) in [5.74, 6) is -1.02. The third kappa shape index (κ3) is 3.88. The maximum atomic E-state index is 13.1. The molecule has 0 fully saturated rings. The van der Waals surface area contributed by atoms with Crippen molar-refractivity contribution in [1.29, 1.82) is 0 Å². The molecule has 0 bridgehead atoms. The topological polar surface area (TPSA) is 83.6 Å². The molecule has 6 nitrogen and oxygen atoms in total. The summed E-state index contributed by atoms with van der Waals surface area (Å²) >= 11 is 0. The fourth-order valence-corrected chi connectivity index (χ4v) is 4.51. The second kappa shape index (κ2) is 8.60. The van der Waals surface area contributed by atoms with E-state index in [4.69, 9.17) is 0 Å². The molecule has 26 heavy (non-hydrogen) atoms. The summed E-state index contributed by atoms with van der Waals surface area (Å²) in [5, 5.41) is 0. The van der Waals surface area contributed by atoms with Gasteiger partial charge in [0.1, 0.15) is 5.70 Å². The van der Waals surface area contributed by atoms with Crippen LogP contribution in [0.25, 0.3) is 0 Å². The molecule has 0 saturated heterocycles. The average molecular weight is 378 g/mol. The smallest absolute Gasteiger partial charge is 0.246 e. The summed E-state index contributed by atoms with van der Waals surface area (Å²) in [6.07, 6.45) is 2.07. The number of Topliss-reactive ketones (excluding diaryl/α,β-unsaturated/α-hetero) is 2. The predicted molar refractivity (Wildman–Crippen MR) is 101 cm³/mol. The molecule has 7 heteroatoms. The molecule has 0 aliphatic heterocycles. The van der Waals surface area contributed by atoms with Gasteiger partial charge in [0.05, 0.1) is 0 Å². The lowest BCUT2D eigenvalue weighted by molar-refractivity contribution is 0.0946. The van der Waals surface area contributed by atoms with E-state index in [2.05, 4.69) is 4.72 Å². The zero-order valence-electron chi connectivity index (χ0n) is 15.5. The van der Waals surface area contributed by atoms with Crippen LogP contribution in [0, 0.1) is 0 Å². The Labute approximate surface area is 155 Å². The molecule has 1 N–H and O–H groups in total. The van der Waals surface area contributed by atoms with E-state index in [9.17, 15) is 18.0 Å². The van der Waals surface area contributed by atoms with Crippen LogP contribution in [0.2, 0.25) is 0 Å². The molecule has 1 aromatic rings. The number of carbonyl (C=O) groups excluding carboxylic acids is 2. The average Bonchev–Trinajstić information content (AvgIpc) is 2.62. The van der Waals surface area contributed by atoms with Gasteiger partial charge in [-0.05, 0) is 19.3 Å². The van der Waals surface area contributed by atoms with Crippen molar-refractivity contribution in [3.05, 3.63) is 46.0 Å². The van der Waals surface area contributed by atoms with E-state index in [-0.39, 0.29) is 23.4 Å². The van der Waals surface area contributed by atoms with Gasteiger partial charge < -0.3 is 4.90 Å². The van der Waals surface area contributed by atoms with E-state index in [1.807, 2.05) is 20.8 Å². The number of carbonyl (C=O) groups is 2. The maximum absolute atomic E-state index is 13.1. The molecule has 1 aliphatic carbocycles. The molecule has 0 amide bonds. The van der Waals surface area contributed by atoms with Crippen LogP contribution in [0.15, 0.2) is 34.9 Å². The van der Waals surface area contributed by atoms with E-state index >= 15 is 0 Å². The number of hydrogen-bond donors (Lipinski definition) is 1. The highest BCUT2D eigenvalue weighted by Crippen LogP contribution is 2.31. The van der Waals surface area contributed by atoms with Gasteiger partial charge in [-0.2, -0.15) is 0 Å². The first-order chi connectivity index (χ1) is 12.4. The number of ketones is 2. The highest BCUT2D eigenvalue weighted by molar-refractivity contribution is 7.94. The van der Waals surface area contributed by atoms with Crippen LogP contribution in [0.1, 0.15) is 60.7 Å². The van der Waals surface area contributed by atoms with Crippen LogP contribution in [0.3, 0.4) is 0 Å². The Kier molecular flexibility index (Phi) is 6.72. The molecular weight excluding hydrogens is 352 g/mol. The lowest BCUT2D eigenvalue weighted by Gasteiger charge is -2.30. The fraction of sp³-hybridized carbons (Fsp3) is 0.474. The SMILES string of the molecule is CCCNS(=O)(=O)C1=C(N(CCC)CCC)C(=O)c2ccccc2C1=O. The molecular formula is C19H26N2O4S. The third-order valence-corrected chi connectivity index (χ3v) is 5.67. The Balaban J connectivity index is 2.72. The lowest BCUT2D eigenvalue weighted by Crippen LogP contribution is -2.40. The summed E-state index contributed by atoms with van der Waals surface area (Å²) in [6.45, 7) is 6.98. The first kappa shape index (κ1) is 20.3. The monoisotopic (exact) mass is 378 g/mol. The first-order valence-corrected chi connectivity index (χ1v) is 10.5. The zero-order valence-corrected chi connectivity index (χ0v) is 16.4. The second-order valence-electron chi connectivity index (χ2n) is 6.27. The minimum atomic E-state index is -4.08. The highest BCUT2D eigenvalue weighted by atomic mass is 32.2. The van der Waals surface area contributed by atoms with Gasteiger partial charge in [0.15, 0.2) is 4.91 Å². The molecule has 0 radical (unpaired) electrons. The van der Waals surface area contributed by atoms with Crippen LogP contribution in [-0.2, 0) is 10.0 Å². The molecule has 1 aliphatic rings. The zero-order chi connectivity index (χ0) is 19.3. The van der Waals surface area contributed by atoms with Crippen LogP contribution >= 0.6 is 0 Å². The van der Waals surface area contributed by atoms with Crippen LogP contribution in [-0.4, -0.2) is 44.5 Å². The minimum absolute atomic E-state index is 0.000929. The summed E-state index contributed by atoms with van der Waals surface area (Å²) in [5.41, 5.74) is 0.409.